The molecule has 0 radical (unpaired) electrons. The number of aliphatic hydroxyl groups excluding tert-OH is 2. The van der Waals surface area contributed by atoms with Crippen LogP contribution in [-0.2, 0) is 14.3 Å². The maximum absolute atomic E-state index is 12.6. The van der Waals surface area contributed by atoms with Crippen molar-refractivity contribution in [2.75, 3.05) is 13.2 Å². The number of aliphatic hydroxyl groups is 2. The van der Waals surface area contributed by atoms with Crippen molar-refractivity contribution in [3.8, 4) is 0 Å². The summed E-state index contributed by atoms with van der Waals surface area (Å²) in [6.07, 6.45) is 100. The molecule has 0 aliphatic rings. The second kappa shape index (κ2) is 79.0. The third kappa shape index (κ3) is 75.5. The van der Waals surface area contributed by atoms with Crippen molar-refractivity contribution in [1.29, 1.82) is 0 Å². The molecule has 6 nitrogen and oxygen atoms in total. The van der Waals surface area contributed by atoms with E-state index in [0.29, 0.717) is 25.9 Å². The molecule has 0 aromatic rings. The Kier molecular flexibility index (Phi) is 77.8. The van der Waals surface area contributed by atoms with Crippen molar-refractivity contribution in [2.45, 2.75) is 495 Å². The Balaban J connectivity index is 3.32. The van der Waals surface area contributed by atoms with E-state index in [4.69, 9.17) is 4.74 Å². The van der Waals surface area contributed by atoms with Gasteiger partial charge in [0.05, 0.1) is 25.4 Å². The van der Waals surface area contributed by atoms with Gasteiger partial charge in [-0.15, -0.1) is 0 Å². The average Bonchev–Trinajstić information content (AvgIpc) is 3.67. The summed E-state index contributed by atoms with van der Waals surface area (Å²) in [6, 6.07) is -0.538. The number of rotatable bonds is 79. The summed E-state index contributed by atoms with van der Waals surface area (Å²) in [6.45, 7) is 5.01. The zero-order valence-corrected chi connectivity index (χ0v) is 61.0. The second-order valence-corrected chi connectivity index (χ2v) is 28.8. The minimum atomic E-state index is -0.661. The highest BCUT2D eigenvalue weighted by molar-refractivity contribution is 5.76. The van der Waals surface area contributed by atoms with Crippen LogP contribution >= 0.6 is 0 Å². The smallest absolute Gasteiger partial charge is 0.305 e. The number of nitrogens with one attached hydrogen (secondary N) is 1. The lowest BCUT2D eigenvalue weighted by molar-refractivity contribution is -0.143. The number of unbranched alkanes of at least 4 members (excludes halogenated alkanes) is 66. The summed E-state index contributed by atoms with van der Waals surface area (Å²) in [7, 11) is 0. The van der Waals surface area contributed by atoms with Crippen molar-refractivity contribution in [2.24, 2.45) is 0 Å². The van der Waals surface area contributed by atoms with Crippen LogP contribution in [0.2, 0.25) is 0 Å². The molecular weight excluding hydrogens is 1090 g/mol. The summed E-state index contributed by atoms with van der Waals surface area (Å²) in [5.74, 6) is 0.000254. The van der Waals surface area contributed by atoms with Gasteiger partial charge in [-0.25, -0.2) is 0 Å². The molecule has 0 fully saturated rings. The summed E-state index contributed by atoms with van der Waals surface area (Å²) >= 11 is 0. The molecule has 0 aromatic heterocycles. The molecule has 89 heavy (non-hydrogen) atoms. The fraction of sp³-hybridized carbons (Fsp3) is 0.952. The van der Waals surface area contributed by atoms with Gasteiger partial charge in [0.15, 0.2) is 0 Å². The van der Waals surface area contributed by atoms with Crippen molar-refractivity contribution in [3.05, 3.63) is 12.2 Å². The van der Waals surface area contributed by atoms with Gasteiger partial charge in [-0.2, -0.15) is 0 Å². The predicted octanol–water partition coefficient (Wildman–Crippen LogP) is 27.4. The van der Waals surface area contributed by atoms with Gasteiger partial charge < -0.3 is 20.3 Å². The lowest BCUT2D eigenvalue weighted by Crippen LogP contribution is -2.45. The van der Waals surface area contributed by atoms with Crippen LogP contribution in [-0.4, -0.2) is 47.4 Å². The lowest BCUT2D eigenvalue weighted by Gasteiger charge is -2.22. The van der Waals surface area contributed by atoms with E-state index in [2.05, 4.69) is 31.3 Å². The summed E-state index contributed by atoms with van der Waals surface area (Å²) in [4.78, 5) is 24.6. The largest absolute Gasteiger partial charge is 0.466 e. The molecule has 2 unspecified atom stereocenters. The van der Waals surface area contributed by atoms with Gasteiger partial charge in [-0.1, -0.05) is 431 Å². The molecule has 0 heterocycles. The Morgan fingerprint density at radius 1 is 0.303 bits per heavy atom. The van der Waals surface area contributed by atoms with Crippen LogP contribution in [0.3, 0.4) is 0 Å². The number of carbonyl (C=O) groups excluding carboxylic acids is 2. The number of hydrogen-bond acceptors (Lipinski definition) is 5. The van der Waals surface area contributed by atoms with Crippen LogP contribution in [0.25, 0.3) is 0 Å². The Bertz CT molecular complexity index is 1350. The molecule has 0 aliphatic heterocycles. The maximum Gasteiger partial charge on any atom is 0.305 e. The third-order valence-electron chi connectivity index (χ3n) is 19.8. The Hall–Kier alpha value is -1.40. The van der Waals surface area contributed by atoms with E-state index in [1.165, 1.54) is 411 Å². The number of esters is 1. The van der Waals surface area contributed by atoms with Gasteiger partial charge in [-0.3, -0.25) is 9.59 Å². The molecule has 0 aliphatic carbocycles. The first-order valence-electron chi connectivity index (χ1n) is 41.4. The molecular formula is C83H163NO5. The highest BCUT2D eigenvalue weighted by Gasteiger charge is 2.20. The van der Waals surface area contributed by atoms with Gasteiger partial charge in [-0.05, 0) is 51.4 Å². The average molecular weight is 1260 g/mol. The summed E-state index contributed by atoms with van der Waals surface area (Å²) in [5.41, 5.74) is 0. The SMILES string of the molecule is CCCCCCCCCCCCCCCCCCCCCCC(O)C(CO)NC(=O)CCCCCCCCCCCCCCCCCCC/C=C\CCCCCCCCCCCCCCCCCCCCOC(=O)CCCCCCCCCCCCCCC. The maximum atomic E-state index is 12.6. The topological polar surface area (TPSA) is 95.9 Å². The molecule has 0 spiro atoms. The van der Waals surface area contributed by atoms with Gasteiger partial charge in [0.25, 0.3) is 0 Å². The van der Waals surface area contributed by atoms with Crippen LogP contribution in [0, 0.1) is 0 Å². The lowest BCUT2D eigenvalue weighted by atomic mass is 10.0. The van der Waals surface area contributed by atoms with Crippen LogP contribution in [0.1, 0.15) is 483 Å². The molecule has 6 heteroatoms. The quantitative estimate of drug-likeness (QED) is 0.0320. The summed E-state index contributed by atoms with van der Waals surface area (Å²) in [5, 5.41) is 23.5. The monoisotopic (exact) mass is 1250 g/mol. The van der Waals surface area contributed by atoms with Gasteiger partial charge in [0.2, 0.25) is 5.91 Å². The molecule has 530 valence electrons. The molecule has 2 atom stereocenters. The van der Waals surface area contributed by atoms with Crippen LogP contribution in [0.15, 0.2) is 12.2 Å². The Morgan fingerprint density at radius 2 is 0.528 bits per heavy atom. The standard InChI is InChI=1S/C83H163NO5/c1-3-5-7-9-11-13-15-17-18-19-20-42-45-48-52-55-59-63-67-71-75-81(86)80(79-85)84-82(87)76-72-68-64-60-56-53-49-46-43-40-38-36-34-32-30-28-26-24-22-21-23-25-27-29-31-33-35-37-39-41-44-47-50-54-58-62-66-70-74-78-89-83(88)77-73-69-65-61-57-51-16-14-12-10-8-6-4-2/h21-22,80-81,85-86H,3-20,23-79H2,1-2H3,(H,84,87)/b22-21-. The zero-order valence-electron chi connectivity index (χ0n) is 61.0. The van der Waals surface area contributed by atoms with Crippen molar-refractivity contribution in [3.63, 3.8) is 0 Å². The molecule has 3 N–H and O–H groups in total. The van der Waals surface area contributed by atoms with Gasteiger partial charge in [0.1, 0.15) is 0 Å². The van der Waals surface area contributed by atoms with Crippen molar-refractivity contribution in [1.82, 2.24) is 5.32 Å². The summed E-state index contributed by atoms with van der Waals surface area (Å²) < 4.78 is 5.50. The molecule has 0 saturated heterocycles. The van der Waals surface area contributed by atoms with Crippen molar-refractivity contribution >= 4 is 11.9 Å². The predicted molar refractivity (Wildman–Crippen MR) is 394 cm³/mol. The number of ether oxygens (including phenoxy) is 1. The van der Waals surface area contributed by atoms with Crippen LogP contribution < -0.4 is 5.32 Å². The third-order valence-corrected chi connectivity index (χ3v) is 19.8. The molecule has 0 rings (SSSR count). The first-order chi connectivity index (χ1) is 44.0. The van der Waals surface area contributed by atoms with Gasteiger partial charge >= 0.3 is 5.97 Å². The normalized spacial score (nSPS) is 12.4. The van der Waals surface area contributed by atoms with Crippen LogP contribution in [0.5, 0.6) is 0 Å². The van der Waals surface area contributed by atoms with Crippen molar-refractivity contribution < 1.29 is 24.5 Å². The number of amides is 1. The van der Waals surface area contributed by atoms with E-state index in [-0.39, 0.29) is 18.5 Å². The highest BCUT2D eigenvalue weighted by Crippen LogP contribution is 2.21. The number of allylic oxidation sites excluding steroid dienone is 2. The Morgan fingerprint density at radius 3 is 0.798 bits per heavy atom. The second-order valence-electron chi connectivity index (χ2n) is 28.8. The van der Waals surface area contributed by atoms with E-state index in [1.807, 2.05) is 0 Å². The van der Waals surface area contributed by atoms with E-state index in [0.717, 1.165) is 38.5 Å². The first-order valence-corrected chi connectivity index (χ1v) is 41.4. The van der Waals surface area contributed by atoms with E-state index in [9.17, 15) is 19.8 Å². The molecule has 0 aromatic carbocycles. The van der Waals surface area contributed by atoms with E-state index < -0.39 is 12.1 Å². The molecule has 0 bridgehead atoms. The minimum absolute atomic E-state index is 0.0249. The highest BCUT2D eigenvalue weighted by atomic mass is 16.5. The number of carbonyl (C=O) groups is 2. The van der Waals surface area contributed by atoms with Gasteiger partial charge in [0, 0.05) is 12.8 Å². The van der Waals surface area contributed by atoms with E-state index >= 15 is 0 Å². The molecule has 0 saturated carbocycles. The molecule has 1 amide bonds. The van der Waals surface area contributed by atoms with Crippen LogP contribution in [0.4, 0.5) is 0 Å². The minimum Gasteiger partial charge on any atom is -0.466 e. The van der Waals surface area contributed by atoms with E-state index in [1.54, 1.807) is 0 Å². The Labute approximate surface area is 559 Å². The number of hydrogen-bond donors (Lipinski definition) is 3. The first kappa shape index (κ1) is 87.6. The fourth-order valence-electron chi connectivity index (χ4n) is 13.5. The fourth-order valence-corrected chi connectivity index (χ4v) is 13.5. The zero-order chi connectivity index (χ0) is 64.2.